The third kappa shape index (κ3) is 5.48. The molecule has 0 aliphatic heterocycles. The van der Waals surface area contributed by atoms with Gasteiger partial charge in [0.05, 0.1) is 5.69 Å². The number of hydrogen-bond donors (Lipinski definition) is 4. The second-order valence-corrected chi connectivity index (χ2v) is 8.15. The lowest BCUT2D eigenvalue weighted by Gasteiger charge is -2.15. The molecule has 0 radical (unpaired) electrons. The Hall–Kier alpha value is -3.46. The van der Waals surface area contributed by atoms with Crippen LogP contribution in [-0.4, -0.2) is 15.7 Å². The van der Waals surface area contributed by atoms with E-state index in [1.165, 1.54) is 6.07 Å². The molecular weight excluding hydrogens is 431 g/mol. The molecule has 6 nitrogen and oxygen atoms in total. The Kier molecular flexibility index (Phi) is 6.33. The van der Waals surface area contributed by atoms with Gasteiger partial charge in [-0.1, -0.05) is 24.3 Å². The molecule has 3 aromatic rings. The zero-order chi connectivity index (χ0) is 23.6. The van der Waals surface area contributed by atoms with Crippen LogP contribution in [0.1, 0.15) is 40.9 Å². The van der Waals surface area contributed by atoms with Crippen molar-refractivity contribution in [3.8, 4) is 0 Å². The minimum absolute atomic E-state index is 0.0780. The number of nitrogens with zero attached hydrogens (tertiary/aromatic N) is 1. The fourth-order valence-electron chi connectivity index (χ4n) is 3.50. The van der Waals surface area contributed by atoms with E-state index in [2.05, 4.69) is 20.6 Å². The van der Waals surface area contributed by atoms with Crippen LogP contribution < -0.4 is 16.2 Å². The number of halogens is 3. The van der Waals surface area contributed by atoms with Crippen LogP contribution in [0, 0.1) is 18.3 Å². The van der Waals surface area contributed by atoms with Crippen molar-refractivity contribution in [3.05, 3.63) is 87.0 Å². The maximum atomic E-state index is 13.0. The number of rotatable bonds is 8. The third-order valence-electron chi connectivity index (χ3n) is 5.54. The Morgan fingerprint density at radius 1 is 1.15 bits per heavy atom. The van der Waals surface area contributed by atoms with E-state index in [1.54, 1.807) is 13.0 Å². The highest BCUT2D eigenvalue weighted by Crippen LogP contribution is 2.34. The van der Waals surface area contributed by atoms with Gasteiger partial charge in [-0.15, -0.1) is 0 Å². The Labute approximate surface area is 188 Å². The summed E-state index contributed by atoms with van der Waals surface area (Å²) in [4.78, 5) is 19.3. The number of nitrogens with one attached hydrogen (secondary N) is 4. The summed E-state index contributed by atoms with van der Waals surface area (Å²) in [7, 11) is 0. The predicted molar refractivity (Wildman–Crippen MR) is 121 cm³/mol. The lowest BCUT2D eigenvalue weighted by molar-refractivity contribution is -0.141. The zero-order valence-corrected chi connectivity index (χ0v) is 18.0. The Balaban J connectivity index is 1.54. The van der Waals surface area contributed by atoms with Crippen molar-refractivity contribution in [1.82, 2.24) is 15.3 Å². The van der Waals surface area contributed by atoms with E-state index in [0.717, 1.165) is 24.6 Å². The van der Waals surface area contributed by atoms with Gasteiger partial charge in [-0.3, -0.25) is 4.79 Å². The predicted octanol–water partition coefficient (Wildman–Crippen LogP) is 4.91. The summed E-state index contributed by atoms with van der Waals surface area (Å²) >= 11 is 0. The Bertz CT molecular complexity index is 1220. The zero-order valence-electron chi connectivity index (χ0n) is 18.0. The lowest BCUT2D eigenvalue weighted by Crippen LogP contribution is -2.24. The van der Waals surface area contributed by atoms with Crippen LogP contribution in [-0.2, 0) is 19.3 Å². The van der Waals surface area contributed by atoms with Crippen molar-refractivity contribution in [2.24, 2.45) is 5.92 Å². The van der Waals surface area contributed by atoms with Gasteiger partial charge in [-0.25, -0.2) is 4.98 Å². The van der Waals surface area contributed by atoms with E-state index in [0.29, 0.717) is 28.2 Å². The average molecular weight is 455 g/mol. The molecule has 2 aromatic heterocycles. The van der Waals surface area contributed by atoms with Gasteiger partial charge in [0.25, 0.3) is 5.56 Å². The van der Waals surface area contributed by atoms with Crippen LogP contribution >= 0.6 is 0 Å². The van der Waals surface area contributed by atoms with Gasteiger partial charge in [-0.05, 0) is 49.6 Å². The van der Waals surface area contributed by atoms with Gasteiger partial charge in [0.1, 0.15) is 11.5 Å². The van der Waals surface area contributed by atoms with Crippen LogP contribution in [0.25, 0.3) is 0 Å². The monoisotopic (exact) mass is 455 g/mol. The molecule has 0 spiro atoms. The molecule has 4 N–H and O–H groups in total. The van der Waals surface area contributed by atoms with Gasteiger partial charge in [0.2, 0.25) is 0 Å². The molecule has 33 heavy (non-hydrogen) atoms. The van der Waals surface area contributed by atoms with Crippen LogP contribution in [0.5, 0.6) is 0 Å². The number of H-pyrrole nitrogens is 1. The molecule has 2 heterocycles. The highest BCUT2D eigenvalue weighted by atomic mass is 19.4. The fourth-order valence-corrected chi connectivity index (χ4v) is 3.50. The second-order valence-electron chi connectivity index (χ2n) is 8.15. The molecule has 1 aliphatic carbocycles. The maximum absolute atomic E-state index is 13.0. The van der Waals surface area contributed by atoms with Crippen LogP contribution in [0.2, 0.25) is 0 Å². The SMILES string of the molecule is Cc1ccc(C(F)(F)F)nc1CNCc1cc(C(=N)C2CC2)c(Nc2ccccc2)[nH]c1=O. The topological polar surface area (TPSA) is 93.7 Å². The number of aromatic nitrogens is 2. The van der Waals surface area contributed by atoms with Crippen molar-refractivity contribution in [2.75, 3.05) is 5.32 Å². The van der Waals surface area contributed by atoms with Crippen LogP contribution in [0.4, 0.5) is 24.7 Å². The quantitative estimate of drug-likeness (QED) is 0.363. The number of para-hydroxylation sites is 1. The van der Waals surface area contributed by atoms with E-state index >= 15 is 0 Å². The molecule has 0 saturated heterocycles. The van der Waals surface area contributed by atoms with Gasteiger partial charge in [0, 0.05) is 41.5 Å². The standard InChI is InChI=1S/C24H24F3N5O/c1-14-7-10-20(24(25,26)27)31-19(14)13-29-12-16-11-18(21(28)15-8-9-15)22(32-23(16)33)30-17-5-3-2-4-6-17/h2-7,10-11,15,28-29H,8-9,12-13H2,1H3,(H2,30,32,33). The number of aromatic amines is 1. The number of hydrogen-bond acceptors (Lipinski definition) is 5. The summed E-state index contributed by atoms with van der Waals surface area (Å²) < 4.78 is 38.9. The van der Waals surface area contributed by atoms with Crippen LogP contribution in [0.15, 0.2) is 53.3 Å². The van der Waals surface area contributed by atoms with Gasteiger partial charge in [-0.2, -0.15) is 13.2 Å². The molecule has 172 valence electrons. The molecular formula is C24H24F3N5O. The van der Waals surface area contributed by atoms with Crippen molar-refractivity contribution < 1.29 is 13.2 Å². The Morgan fingerprint density at radius 2 is 1.88 bits per heavy atom. The van der Waals surface area contributed by atoms with Crippen molar-refractivity contribution in [1.29, 1.82) is 5.41 Å². The largest absolute Gasteiger partial charge is 0.433 e. The number of benzene rings is 1. The minimum atomic E-state index is -4.51. The van der Waals surface area contributed by atoms with E-state index in [4.69, 9.17) is 5.41 Å². The average Bonchev–Trinajstić information content (AvgIpc) is 3.61. The van der Waals surface area contributed by atoms with Gasteiger partial charge in [0.15, 0.2) is 0 Å². The van der Waals surface area contributed by atoms with Crippen molar-refractivity contribution in [2.45, 2.75) is 39.0 Å². The first-order chi connectivity index (χ1) is 15.7. The normalized spacial score (nSPS) is 13.7. The fraction of sp³-hybridized carbons (Fsp3) is 0.292. The Morgan fingerprint density at radius 3 is 2.55 bits per heavy atom. The molecule has 1 aromatic carbocycles. The third-order valence-corrected chi connectivity index (χ3v) is 5.54. The molecule has 0 unspecified atom stereocenters. The minimum Gasteiger partial charge on any atom is -0.341 e. The molecule has 0 amide bonds. The maximum Gasteiger partial charge on any atom is 0.433 e. The van der Waals surface area contributed by atoms with E-state index in [9.17, 15) is 18.0 Å². The summed E-state index contributed by atoms with van der Waals surface area (Å²) in [6.45, 7) is 1.90. The first-order valence-corrected chi connectivity index (χ1v) is 10.6. The first-order valence-electron chi connectivity index (χ1n) is 10.6. The van der Waals surface area contributed by atoms with Gasteiger partial charge < -0.3 is 21.0 Å². The first kappa shape index (κ1) is 22.7. The summed E-state index contributed by atoms with van der Waals surface area (Å²) in [5.74, 6) is 0.632. The highest BCUT2D eigenvalue weighted by molar-refractivity contribution is 6.05. The van der Waals surface area contributed by atoms with Crippen LogP contribution in [0.3, 0.4) is 0 Å². The molecule has 1 aliphatic rings. The van der Waals surface area contributed by atoms with E-state index < -0.39 is 11.9 Å². The number of alkyl halides is 3. The van der Waals surface area contributed by atoms with Gasteiger partial charge >= 0.3 is 6.18 Å². The second kappa shape index (κ2) is 9.19. The summed E-state index contributed by atoms with van der Waals surface area (Å²) in [6.07, 6.45) is -2.63. The van der Waals surface area contributed by atoms with E-state index in [-0.39, 0.29) is 30.3 Å². The lowest BCUT2D eigenvalue weighted by atomic mass is 10.0. The summed E-state index contributed by atoms with van der Waals surface area (Å²) in [6, 6.07) is 13.4. The smallest absolute Gasteiger partial charge is 0.341 e. The van der Waals surface area contributed by atoms with Crippen molar-refractivity contribution in [3.63, 3.8) is 0 Å². The number of anilines is 2. The molecule has 1 fully saturated rings. The van der Waals surface area contributed by atoms with E-state index in [1.807, 2.05) is 30.3 Å². The molecule has 4 rings (SSSR count). The molecule has 9 heteroatoms. The molecule has 1 saturated carbocycles. The highest BCUT2D eigenvalue weighted by Gasteiger charge is 2.33. The molecule has 0 atom stereocenters. The number of pyridine rings is 2. The van der Waals surface area contributed by atoms with Crippen molar-refractivity contribution >= 4 is 17.2 Å². The summed E-state index contributed by atoms with van der Waals surface area (Å²) in [5.41, 5.74) is 1.89. The number of aryl methyl sites for hydroxylation is 1. The molecule has 0 bridgehead atoms. The summed E-state index contributed by atoms with van der Waals surface area (Å²) in [5, 5.41) is 14.7.